The van der Waals surface area contributed by atoms with Crippen LogP contribution in [-0.4, -0.2) is 52.9 Å². The summed E-state index contributed by atoms with van der Waals surface area (Å²) >= 11 is 0. The zero-order valence-electron chi connectivity index (χ0n) is 32.5. The molecular weight excluding hydrogens is 664 g/mol. The Hall–Kier alpha value is -3.55. The largest absolute Gasteiger partial charge is 0.454 e. The van der Waals surface area contributed by atoms with Gasteiger partial charge in [0.25, 0.3) is 0 Å². The highest BCUT2D eigenvalue weighted by atomic mass is 16.6. The van der Waals surface area contributed by atoms with Crippen LogP contribution in [0.15, 0.2) is 78.4 Å². The van der Waals surface area contributed by atoms with Crippen LogP contribution in [0.5, 0.6) is 0 Å². The van der Waals surface area contributed by atoms with Crippen LogP contribution in [0.3, 0.4) is 0 Å². The molecule has 2 aromatic rings. The lowest BCUT2D eigenvalue weighted by Gasteiger charge is -2.72. The van der Waals surface area contributed by atoms with Crippen molar-refractivity contribution in [2.45, 2.75) is 118 Å². The van der Waals surface area contributed by atoms with Gasteiger partial charge in [-0.15, -0.1) is 0 Å². The lowest BCUT2D eigenvalue weighted by atomic mass is 9.33. The van der Waals surface area contributed by atoms with Crippen LogP contribution >= 0.6 is 0 Å². The molecule has 7 nitrogen and oxygen atoms in total. The van der Waals surface area contributed by atoms with Gasteiger partial charge in [0.15, 0.2) is 6.10 Å². The van der Waals surface area contributed by atoms with E-state index >= 15 is 0 Å². The molecular formula is C46H58O7. The fourth-order valence-electron chi connectivity index (χ4n) is 12.7. The predicted molar refractivity (Wildman–Crippen MR) is 204 cm³/mol. The molecule has 7 heteroatoms. The summed E-state index contributed by atoms with van der Waals surface area (Å²) in [6.07, 6.45) is 7.77. The summed E-state index contributed by atoms with van der Waals surface area (Å²) in [5.41, 5.74) is -0.750. The topological polar surface area (TPSA) is 110 Å². The van der Waals surface area contributed by atoms with Gasteiger partial charge in [-0.05, 0) is 108 Å². The van der Waals surface area contributed by atoms with E-state index in [4.69, 9.17) is 9.47 Å². The van der Waals surface area contributed by atoms with Crippen LogP contribution in [0, 0.1) is 50.2 Å². The Bertz CT molecular complexity index is 1800. The van der Waals surface area contributed by atoms with Crippen LogP contribution in [-0.2, 0) is 19.1 Å². The molecule has 4 fully saturated rings. The number of allylic oxidation sites excluding steroid dienone is 2. The summed E-state index contributed by atoms with van der Waals surface area (Å²) in [4.78, 5) is 41.4. The molecule has 2 N–H and O–H groups in total. The van der Waals surface area contributed by atoms with Crippen molar-refractivity contribution in [2.24, 2.45) is 50.2 Å². The number of esters is 2. The van der Waals surface area contributed by atoms with E-state index in [2.05, 4.69) is 40.7 Å². The zero-order chi connectivity index (χ0) is 38.2. The van der Waals surface area contributed by atoms with Gasteiger partial charge in [0.05, 0.1) is 23.2 Å². The first-order valence-corrected chi connectivity index (χ1v) is 19.7. The van der Waals surface area contributed by atoms with Gasteiger partial charge in [0.1, 0.15) is 12.4 Å². The van der Waals surface area contributed by atoms with Gasteiger partial charge in [0.2, 0.25) is 0 Å². The van der Waals surface area contributed by atoms with Crippen molar-refractivity contribution >= 4 is 24.3 Å². The standard InChI is InChI=1S/C46H58O7/c1-41(2)26-32-31-19-20-34-43(5)24-23-35(48)42(3,4)33(43)22-25-44(34,6)45(31,7)27-36(49)46(32,28-47)39(38(41)53-40(51)30-16-12-9-13-17-30)52-37(50)21-18-29-14-10-8-11-15-29/h8-19,21,28,32-36,38-39,48-49H,20,22-27H2,1-7H3/b21-18-/t32?,33?,34?,35-,36+,38-,39-,43-,44+,45+,46-/m0/s1. The van der Waals surface area contributed by atoms with Crippen molar-refractivity contribution in [3.8, 4) is 0 Å². The van der Waals surface area contributed by atoms with Crippen LogP contribution in [0.4, 0.5) is 0 Å². The molecule has 3 unspecified atom stereocenters. The van der Waals surface area contributed by atoms with Crippen molar-refractivity contribution in [1.82, 2.24) is 0 Å². The predicted octanol–water partition coefficient (Wildman–Crippen LogP) is 8.39. The molecule has 5 aliphatic rings. The number of hydrogen-bond acceptors (Lipinski definition) is 7. The van der Waals surface area contributed by atoms with E-state index in [1.54, 1.807) is 30.3 Å². The zero-order valence-corrected chi connectivity index (χ0v) is 32.5. The number of carbonyl (C=O) groups is 3. The van der Waals surface area contributed by atoms with E-state index in [9.17, 15) is 24.6 Å². The lowest BCUT2D eigenvalue weighted by Crippen LogP contribution is -2.72. The van der Waals surface area contributed by atoms with Crippen molar-refractivity contribution in [1.29, 1.82) is 0 Å². The second-order valence-electron chi connectivity index (χ2n) is 19.0. The third kappa shape index (κ3) is 5.61. The highest BCUT2D eigenvalue weighted by molar-refractivity contribution is 5.90. The molecule has 0 bridgehead atoms. The molecule has 0 saturated heterocycles. The third-order valence-electron chi connectivity index (χ3n) is 15.8. The number of aldehydes is 1. The Morgan fingerprint density at radius 2 is 1.43 bits per heavy atom. The van der Waals surface area contributed by atoms with Crippen LogP contribution in [0.2, 0.25) is 0 Å². The molecule has 0 aromatic heterocycles. The van der Waals surface area contributed by atoms with E-state index in [0.717, 1.165) is 49.5 Å². The van der Waals surface area contributed by atoms with Crippen LogP contribution < -0.4 is 0 Å². The molecule has 4 saturated carbocycles. The summed E-state index contributed by atoms with van der Waals surface area (Å²) in [6, 6.07) is 18.1. The Balaban J connectivity index is 1.31. The van der Waals surface area contributed by atoms with E-state index in [1.165, 1.54) is 6.08 Å². The molecule has 0 aliphatic heterocycles. The third-order valence-corrected chi connectivity index (χ3v) is 15.8. The van der Waals surface area contributed by atoms with Gasteiger partial charge in [-0.1, -0.05) is 109 Å². The van der Waals surface area contributed by atoms with Gasteiger partial charge in [-0.25, -0.2) is 9.59 Å². The van der Waals surface area contributed by atoms with Crippen LogP contribution in [0.25, 0.3) is 6.08 Å². The molecule has 53 heavy (non-hydrogen) atoms. The average Bonchev–Trinajstić information content (AvgIpc) is 3.11. The number of benzene rings is 2. The van der Waals surface area contributed by atoms with Gasteiger partial charge in [-0.3, -0.25) is 0 Å². The summed E-state index contributed by atoms with van der Waals surface area (Å²) in [6.45, 7) is 15.6. The maximum atomic E-state index is 13.9. The first-order chi connectivity index (χ1) is 25.0. The summed E-state index contributed by atoms with van der Waals surface area (Å²) in [5.74, 6) is -0.982. The van der Waals surface area contributed by atoms with Gasteiger partial charge in [-0.2, -0.15) is 0 Å². The SMILES string of the molecule is CC1(C)CC2C3=CCC4[C@@]5(C)CC[C@H](O)C(C)(C)C5CC[C@@]4(C)[C@]3(C)C[C@@H](O)[C@@]2(C=O)[C@@H](OC(=O)/C=C\c2ccccc2)[C@@H]1OC(=O)c1ccccc1. The smallest absolute Gasteiger partial charge is 0.338 e. The van der Waals surface area contributed by atoms with Crippen molar-refractivity contribution in [2.75, 3.05) is 0 Å². The number of aliphatic hydroxyl groups is 2. The lowest BCUT2D eigenvalue weighted by molar-refractivity contribution is -0.243. The van der Waals surface area contributed by atoms with Gasteiger partial charge in [0, 0.05) is 11.5 Å². The monoisotopic (exact) mass is 722 g/mol. The molecule has 11 atom stereocenters. The summed E-state index contributed by atoms with van der Waals surface area (Å²) in [5, 5.41) is 23.8. The molecule has 284 valence electrons. The maximum absolute atomic E-state index is 13.9. The number of carbonyl (C=O) groups excluding carboxylic acids is 3. The Morgan fingerprint density at radius 3 is 2.09 bits per heavy atom. The fraction of sp³-hybridized carbons (Fsp3) is 0.587. The summed E-state index contributed by atoms with van der Waals surface area (Å²) in [7, 11) is 0. The molecule has 0 amide bonds. The van der Waals surface area contributed by atoms with Crippen molar-refractivity contribution in [3.05, 3.63) is 89.5 Å². The second-order valence-corrected chi connectivity index (χ2v) is 19.0. The normalized spacial score (nSPS) is 41.1. The number of hydrogen-bond donors (Lipinski definition) is 2. The first-order valence-electron chi connectivity index (χ1n) is 19.7. The minimum absolute atomic E-state index is 0.0106. The molecule has 0 spiro atoms. The number of ether oxygens (including phenoxy) is 2. The van der Waals surface area contributed by atoms with E-state index in [0.29, 0.717) is 30.2 Å². The van der Waals surface area contributed by atoms with Crippen molar-refractivity contribution in [3.63, 3.8) is 0 Å². The average molecular weight is 723 g/mol. The minimum atomic E-state index is -1.54. The Labute approximate surface area is 315 Å². The van der Waals surface area contributed by atoms with Crippen LogP contribution in [0.1, 0.15) is 109 Å². The van der Waals surface area contributed by atoms with Gasteiger partial charge >= 0.3 is 11.9 Å². The maximum Gasteiger partial charge on any atom is 0.338 e. The Morgan fingerprint density at radius 1 is 0.774 bits per heavy atom. The molecule has 2 aromatic carbocycles. The fourth-order valence-corrected chi connectivity index (χ4v) is 12.7. The molecule has 0 radical (unpaired) electrons. The number of rotatable bonds is 6. The van der Waals surface area contributed by atoms with Gasteiger partial charge < -0.3 is 24.5 Å². The quantitative estimate of drug-likeness (QED) is 0.133. The van der Waals surface area contributed by atoms with E-state index < -0.39 is 52.4 Å². The minimum Gasteiger partial charge on any atom is -0.454 e. The van der Waals surface area contributed by atoms with E-state index in [-0.39, 0.29) is 22.3 Å². The number of aliphatic hydroxyl groups excluding tert-OH is 2. The molecule has 5 aliphatic carbocycles. The number of fused-ring (bicyclic) bond motifs is 7. The highest BCUT2D eigenvalue weighted by Gasteiger charge is 2.73. The molecule has 0 heterocycles. The second kappa shape index (κ2) is 13.0. The highest BCUT2D eigenvalue weighted by Crippen LogP contribution is 2.75. The Kier molecular flexibility index (Phi) is 9.29. The summed E-state index contributed by atoms with van der Waals surface area (Å²) < 4.78 is 12.7. The first kappa shape index (κ1) is 37.8. The van der Waals surface area contributed by atoms with Crippen molar-refractivity contribution < 1.29 is 34.1 Å². The molecule has 7 rings (SSSR count). The van der Waals surface area contributed by atoms with E-state index in [1.807, 2.05) is 50.2 Å².